The molecule has 2 aromatic carbocycles. The molecule has 0 aromatic heterocycles. The summed E-state index contributed by atoms with van der Waals surface area (Å²) in [5, 5.41) is 9.63. The van der Waals surface area contributed by atoms with Crippen LogP contribution < -0.4 is 0 Å². The Morgan fingerprint density at radius 2 is 1.43 bits per heavy atom. The van der Waals surface area contributed by atoms with Gasteiger partial charge in [0.1, 0.15) is 0 Å². The van der Waals surface area contributed by atoms with Crippen molar-refractivity contribution in [3.63, 3.8) is 0 Å². The molecular formula is C24H27NO3. The average Bonchev–Trinajstić information content (AvgIpc) is 3.46. The first kappa shape index (κ1) is 18.7. The van der Waals surface area contributed by atoms with Gasteiger partial charge < -0.3 is 10.0 Å². The summed E-state index contributed by atoms with van der Waals surface area (Å²) in [5.41, 5.74) is 2.29. The standard InChI is InChI=1S/C24H27NO3/c26-23(25-15-21(19-11-12-19)22(16-25)24(27)28)20(13-17-7-3-1-4-8-17)14-18-9-5-2-6-10-18/h1-10,19-22H,11-16H2,(H,27,28)/t21-,22+/m1/s1. The minimum atomic E-state index is -0.755. The number of carbonyl (C=O) groups excluding carboxylic acids is 1. The molecule has 2 atom stereocenters. The predicted octanol–water partition coefficient (Wildman–Crippen LogP) is 3.66. The molecule has 2 fully saturated rings. The van der Waals surface area contributed by atoms with Crippen LogP contribution in [0.2, 0.25) is 0 Å². The zero-order chi connectivity index (χ0) is 19.5. The Morgan fingerprint density at radius 1 is 0.893 bits per heavy atom. The van der Waals surface area contributed by atoms with Crippen LogP contribution in [0.25, 0.3) is 0 Å². The highest BCUT2D eigenvalue weighted by atomic mass is 16.4. The Hall–Kier alpha value is -2.62. The van der Waals surface area contributed by atoms with Crippen LogP contribution in [-0.4, -0.2) is 35.0 Å². The monoisotopic (exact) mass is 377 g/mol. The summed E-state index contributed by atoms with van der Waals surface area (Å²) in [6.07, 6.45) is 3.57. The number of carboxylic acid groups (broad SMARTS) is 1. The lowest BCUT2D eigenvalue weighted by atomic mass is 9.91. The van der Waals surface area contributed by atoms with Gasteiger partial charge in [0.05, 0.1) is 5.92 Å². The number of rotatable bonds is 7. The lowest BCUT2D eigenvalue weighted by Gasteiger charge is -2.24. The third kappa shape index (κ3) is 4.27. The first-order chi connectivity index (χ1) is 13.6. The molecule has 4 rings (SSSR count). The fourth-order valence-corrected chi connectivity index (χ4v) is 4.57. The van der Waals surface area contributed by atoms with Crippen LogP contribution >= 0.6 is 0 Å². The van der Waals surface area contributed by atoms with Crippen LogP contribution in [0.15, 0.2) is 60.7 Å². The molecule has 1 saturated heterocycles. The van der Waals surface area contributed by atoms with Crippen LogP contribution in [0.5, 0.6) is 0 Å². The Bertz CT molecular complexity index is 775. The van der Waals surface area contributed by atoms with Crippen molar-refractivity contribution in [2.75, 3.05) is 13.1 Å². The fourth-order valence-electron chi connectivity index (χ4n) is 4.57. The molecule has 1 aliphatic heterocycles. The highest BCUT2D eigenvalue weighted by Crippen LogP contribution is 2.44. The molecule has 0 bridgehead atoms. The number of carboxylic acids is 1. The van der Waals surface area contributed by atoms with E-state index in [0.29, 0.717) is 31.8 Å². The molecule has 2 aliphatic rings. The lowest BCUT2D eigenvalue weighted by molar-refractivity contribution is -0.143. The van der Waals surface area contributed by atoms with Crippen molar-refractivity contribution < 1.29 is 14.7 Å². The van der Waals surface area contributed by atoms with E-state index in [0.717, 1.165) is 24.0 Å². The number of likely N-dealkylation sites (tertiary alicyclic amines) is 1. The van der Waals surface area contributed by atoms with Gasteiger partial charge in [-0.25, -0.2) is 0 Å². The third-order valence-corrected chi connectivity index (χ3v) is 6.22. The van der Waals surface area contributed by atoms with Gasteiger partial charge >= 0.3 is 5.97 Å². The van der Waals surface area contributed by atoms with Crippen molar-refractivity contribution in [3.8, 4) is 0 Å². The molecule has 1 N–H and O–H groups in total. The molecule has 4 heteroatoms. The van der Waals surface area contributed by atoms with Gasteiger partial charge in [0.25, 0.3) is 0 Å². The van der Waals surface area contributed by atoms with Gasteiger partial charge in [-0.05, 0) is 48.6 Å². The molecule has 0 spiro atoms. The van der Waals surface area contributed by atoms with Crippen LogP contribution in [0.3, 0.4) is 0 Å². The predicted molar refractivity (Wildman–Crippen MR) is 108 cm³/mol. The van der Waals surface area contributed by atoms with E-state index >= 15 is 0 Å². The van der Waals surface area contributed by atoms with Gasteiger partial charge in [0, 0.05) is 19.0 Å². The second kappa shape index (κ2) is 8.17. The van der Waals surface area contributed by atoms with Crippen molar-refractivity contribution in [2.24, 2.45) is 23.7 Å². The lowest BCUT2D eigenvalue weighted by Crippen LogP contribution is -2.37. The Balaban J connectivity index is 1.53. The maximum absolute atomic E-state index is 13.4. The molecule has 28 heavy (non-hydrogen) atoms. The average molecular weight is 377 g/mol. The molecule has 0 unspecified atom stereocenters. The Labute approximate surface area is 166 Å². The number of benzene rings is 2. The van der Waals surface area contributed by atoms with Crippen LogP contribution in [0.1, 0.15) is 24.0 Å². The molecule has 1 heterocycles. The van der Waals surface area contributed by atoms with Gasteiger partial charge in [-0.2, -0.15) is 0 Å². The summed E-state index contributed by atoms with van der Waals surface area (Å²) in [7, 11) is 0. The van der Waals surface area contributed by atoms with Crippen LogP contribution in [0, 0.1) is 23.7 Å². The molecule has 146 valence electrons. The minimum Gasteiger partial charge on any atom is -0.481 e. The first-order valence-corrected chi connectivity index (χ1v) is 10.2. The first-order valence-electron chi connectivity index (χ1n) is 10.2. The topological polar surface area (TPSA) is 57.6 Å². The Morgan fingerprint density at radius 3 is 1.89 bits per heavy atom. The minimum absolute atomic E-state index is 0.0992. The normalized spacial score (nSPS) is 21.8. The van der Waals surface area contributed by atoms with Gasteiger partial charge in [0.2, 0.25) is 5.91 Å². The summed E-state index contributed by atoms with van der Waals surface area (Å²) < 4.78 is 0. The second-order valence-electron chi connectivity index (χ2n) is 8.27. The highest BCUT2D eigenvalue weighted by Gasteiger charge is 2.47. The summed E-state index contributed by atoms with van der Waals surface area (Å²) in [6.45, 7) is 0.954. The van der Waals surface area contributed by atoms with Crippen molar-refractivity contribution >= 4 is 11.9 Å². The quantitative estimate of drug-likeness (QED) is 0.801. The molecule has 4 nitrogen and oxygen atoms in total. The second-order valence-corrected chi connectivity index (χ2v) is 8.27. The number of hydrogen-bond acceptors (Lipinski definition) is 2. The van der Waals surface area contributed by atoms with Crippen molar-refractivity contribution in [1.82, 2.24) is 4.90 Å². The summed E-state index contributed by atoms with van der Waals surface area (Å²) in [6, 6.07) is 20.2. The molecule has 1 aliphatic carbocycles. The third-order valence-electron chi connectivity index (χ3n) is 6.22. The number of nitrogens with zero attached hydrogens (tertiary/aromatic N) is 1. The molecule has 0 radical (unpaired) electrons. The van der Waals surface area contributed by atoms with E-state index in [-0.39, 0.29) is 17.7 Å². The van der Waals surface area contributed by atoms with Gasteiger partial charge in [-0.15, -0.1) is 0 Å². The van der Waals surface area contributed by atoms with Gasteiger partial charge in [-0.3, -0.25) is 9.59 Å². The zero-order valence-electron chi connectivity index (χ0n) is 16.0. The van der Waals surface area contributed by atoms with Crippen molar-refractivity contribution in [2.45, 2.75) is 25.7 Å². The van der Waals surface area contributed by atoms with E-state index < -0.39 is 11.9 Å². The summed E-state index contributed by atoms with van der Waals surface area (Å²) >= 11 is 0. The van der Waals surface area contributed by atoms with Gasteiger partial charge in [-0.1, -0.05) is 60.7 Å². The van der Waals surface area contributed by atoms with E-state index in [1.807, 2.05) is 41.3 Å². The number of amides is 1. The van der Waals surface area contributed by atoms with Crippen molar-refractivity contribution in [1.29, 1.82) is 0 Å². The number of carbonyl (C=O) groups is 2. The summed E-state index contributed by atoms with van der Waals surface area (Å²) in [5.74, 6) is -0.629. The largest absolute Gasteiger partial charge is 0.481 e. The number of hydrogen-bond donors (Lipinski definition) is 1. The van der Waals surface area contributed by atoms with E-state index in [4.69, 9.17) is 0 Å². The molecule has 2 aromatic rings. The van der Waals surface area contributed by atoms with E-state index in [9.17, 15) is 14.7 Å². The SMILES string of the molecule is O=C(O)[C@H]1CN(C(=O)C(Cc2ccccc2)Cc2ccccc2)C[C@@H]1C1CC1. The molecule has 1 saturated carbocycles. The molecule has 1 amide bonds. The molecular weight excluding hydrogens is 350 g/mol. The maximum Gasteiger partial charge on any atom is 0.308 e. The van der Waals surface area contributed by atoms with E-state index in [1.165, 1.54) is 0 Å². The van der Waals surface area contributed by atoms with E-state index in [2.05, 4.69) is 24.3 Å². The van der Waals surface area contributed by atoms with Crippen molar-refractivity contribution in [3.05, 3.63) is 71.8 Å². The number of aliphatic carboxylic acids is 1. The van der Waals surface area contributed by atoms with Crippen LogP contribution in [-0.2, 0) is 22.4 Å². The smallest absolute Gasteiger partial charge is 0.308 e. The summed E-state index contributed by atoms with van der Waals surface area (Å²) in [4.78, 5) is 27.0. The Kier molecular flexibility index (Phi) is 5.47. The highest BCUT2D eigenvalue weighted by molar-refractivity contribution is 5.81. The zero-order valence-corrected chi connectivity index (χ0v) is 16.0. The fraction of sp³-hybridized carbons (Fsp3) is 0.417. The van der Waals surface area contributed by atoms with Gasteiger partial charge in [0.15, 0.2) is 0 Å². The van der Waals surface area contributed by atoms with Crippen LogP contribution in [0.4, 0.5) is 0 Å². The van der Waals surface area contributed by atoms with E-state index in [1.54, 1.807) is 0 Å². The maximum atomic E-state index is 13.4.